The summed E-state index contributed by atoms with van der Waals surface area (Å²) < 4.78 is 0. The predicted octanol–water partition coefficient (Wildman–Crippen LogP) is 4.88. The number of carbonyl (C=O) groups is 1. The van der Waals surface area contributed by atoms with Crippen LogP contribution < -0.4 is 10.2 Å². The first-order valence-corrected chi connectivity index (χ1v) is 10.9. The maximum atomic E-state index is 10.2. The third-order valence-corrected chi connectivity index (χ3v) is 4.92. The molecule has 166 valence electrons. The molecule has 1 fully saturated rings. The van der Waals surface area contributed by atoms with Gasteiger partial charge in [-0.3, -0.25) is 4.79 Å². The number of anilines is 2. The van der Waals surface area contributed by atoms with Gasteiger partial charge >= 0.3 is 0 Å². The number of hydrogen-bond acceptors (Lipinski definition) is 6. The first kappa shape index (κ1) is 24.6. The molecule has 1 saturated heterocycles. The molecule has 4 heterocycles. The number of carbonyl (C=O) groups excluding carboxylic acids is 1. The molecule has 0 radical (unpaired) electrons. The van der Waals surface area contributed by atoms with Crippen molar-refractivity contribution in [3.8, 4) is 5.82 Å². The first-order chi connectivity index (χ1) is 15.1. The van der Waals surface area contributed by atoms with Crippen molar-refractivity contribution in [3.05, 3.63) is 53.0 Å². The zero-order chi connectivity index (χ0) is 22.6. The maximum absolute atomic E-state index is 10.2. The molecule has 0 bridgehead atoms. The number of hydrogen-bond donors (Lipinski definition) is 1. The average molecular weight is 464 g/mol. The number of piperidine rings is 1. The molecule has 0 saturated carbocycles. The van der Waals surface area contributed by atoms with Crippen LogP contribution in [-0.2, 0) is 4.79 Å². The molecule has 3 aromatic heterocycles. The Balaban J connectivity index is 0.000000204. The Kier molecular flexibility index (Phi) is 10.2. The molecule has 1 aliphatic rings. The van der Waals surface area contributed by atoms with Crippen molar-refractivity contribution in [1.82, 2.24) is 25.0 Å². The van der Waals surface area contributed by atoms with E-state index in [-0.39, 0.29) is 0 Å². The predicted molar refractivity (Wildman–Crippen MR) is 125 cm³/mol. The van der Waals surface area contributed by atoms with Crippen LogP contribution in [-0.4, -0.2) is 44.5 Å². The van der Waals surface area contributed by atoms with E-state index in [9.17, 15) is 4.79 Å². The number of pyridine rings is 2. The monoisotopic (exact) mass is 463 g/mol. The maximum Gasteiger partial charge on any atom is 0.211 e. The van der Waals surface area contributed by atoms with Crippen LogP contribution in [0.15, 0.2) is 43.0 Å². The zero-order valence-corrected chi connectivity index (χ0v) is 19.4. The number of nitrogens with zero attached hydrogens (tertiary/aromatic N) is 6. The molecule has 1 amide bonds. The minimum atomic E-state index is 0.359. The van der Waals surface area contributed by atoms with E-state index in [1.807, 2.05) is 26.0 Å². The molecule has 1 N–H and O–H groups in total. The summed E-state index contributed by atoms with van der Waals surface area (Å²) >= 11 is 12.0. The lowest BCUT2D eigenvalue weighted by atomic mass is 10.0. The third-order valence-electron chi connectivity index (χ3n) is 4.35. The number of rotatable bonds is 4. The van der Waals surface area contributed by atoms with Gasteiger partial charge in [0, 0.05) is 19.3 Å². The summed E-state index contributed by atoms with van der Waals surface area (Å²) in [7, 11) is 0. The van der Waals surface area contributed by atoms with Crippen LogP contribution in [0.2, 0.25) is 10.0 Å². The van der Waals surface area contributed by atoms with Crippen molar-refractivity contribution in [1.29, 1.82) is 0 Å². The Hall–Kier alpha value is -2.71. The number of nitrogens with one attached hydrogen (secondary N) is 1. The summed E-state index contributed by atoms with van der Waals surface area (Å²) in [5.74, 6) is 2.11. The highest BCUT2D eigenvalue weighted by Crippen LogP contribution is 2.26. The number of amides is 1. The fraction of sp³-hybridized carbons (Fsp3) is 0.381. The molecule has 0 spiro atoms. The number of halogens is 2. The van der Waals surface area contributed by atoms with Crippen LogP contribution in [0.4, 0.5) is 11.5 Å². The van der Waals surface area contributed by atoms with Gasteiger partial charge in [-0.05, 0) is 37.0 Å². The second-order valence-corrected chi connectivity index (χ2v) is 7.43. The van der Waals surface area contributed by atoms with Crippen molar-refractivity contribution in [2.24, 2.45) is 5.92 Å². The van der Waals surface area contributed by atoms with Crippen LogP contribution in [0.25, 0.3) is 5.82 Å². The molecular weight excluding hydrogens is 437 g/mol. The van der Waals surface area contributed by atoms with Gasteiger partial charge in [0.2, 0.25) is 6.41 Å². The molecule has 0 aliphatic carbocycles. The fourth-order valence-electron chi connectivity index (χ4n) is 3.04. The quantitative estimate of drug-likeness (QED) is 0.554. The van der Waals surface area contributed by atoms with Gasteiger partial charge in [0.15, 0.2) is 5.82 Å². The van der Waals surface area contributed by atoms with Gasteiger partial charge in [-0.25, -0.2) is 9.97 Å². The van der Waals surface area contributed by atoms with Gasteiger partial charge in [0.1, 0.15) is 5.82 Å². The summed E-state index contributed by atoms with van der Waals surface area (Å²) in [6.45, 7) is 8.45. The lowest BCUT2D eigenvalue weighted by Crippen LogP contribution is -2.34. The van der Waals surface area contributed by atoms with Crippen molar-refractivity contribution in [2.45, 2.75) is 33.6 Å². The highest BCUT2D eigenvalue weighted by atomic mass is 35.5. The summed E-state index contributed by atoms with van der Waals surface area (Å²) in [5, 5.41) is 11.4. The topological polar surface area (TPSA) is 88.8 Å². The third kappa shape index (κ3) is 7.18. The minimum absolute atomic E-state index is 0.359. The van der Waals surface area contributed by atoms with Gasteiger partial charge in [0.05, 0.1) is 34.3 Å². The van der Waals surface area contributed by atoms with Crippen molar-refractivity contribution >= 4 is 41.1 Å². The smallest absolute Gasteiger partial charge is 0.211 e. The Labute approximate surface area is 192 Å². The van der Waals surface area contributed by atoms with Crippen molar-refractivity contribution in [2.75, 3.05) is 23.3 Å². The molecule has 31 heavy (non-hydrogen) atoms. The van der Waals surface area contributed by atoms with E-state index in [0.29, 0.717) is 22.9 Å². The Morgan fingerprint density at radius 3 is 2.45 bits per heavy atom. The van der Waals surface area contributed by atoms with E-state index in [1.165, 1.54) is 36.2 Å². The van der Waals surface area contributed by atoms with E-state index in [4.69, 9.17) is 23.2 Å². The van der Waals surface area contributed by atoms with E-state index < -0.39 is 0 Å². The molecule has 1 aliphatic heterocycles. The normalized spacial score (nSPS) is 15.1. The van der Waals surface area contributed by atoms with E-state index in [2.05, 4.69) is 37.3 Å². The Morgan fingerprint density at radius 1 is 1.10 bits per heavy atom. The van der Waals surface area contributed by atoms with E-state index >= 15 is 0 Å². The molecule has 10 heteroatoms. The van der Waals surface area contributed by atoms with Crippen molar-refractivity contribution < 1.29 is 4.79 Å². The summed E-state index contributed by atoms with van der Waals surface area (Å²) in [4.78, 5) is 22.1. The van der Waals surface area contributed by atoms with Gasteiger partial charge in [-0.2, -0.15) is 10.2 Å². The molecule has 1 atom stereocenters. The number of aromatic nitrogens is 5. The lowest BCUT2D eigenvalue weighted by molar-refractivity contribution is -0.105. The summed E-state index contributed by atoms with van der Waals surface area (Å²) in [6, 6.07) is 5.35. The van der Waals surface area contributed by atoms with E-state index in [1.54, 1.807) is 12.3 Å². The minimum Gasteiger partial charge on any atom is -0.355 e. The molecule has 0 aromatic carbocycles. The average Bonchev–Trinajstić information content (AvgIpc) is 3.31. The Bertz CT molecular complexity index is 937. The highest BCUT2D eigenvalue weighted by molar-refractivity contribution is 6.33. The molecule has 8 nitrogen and oxygen atoms in total. The second kappa shape index (κ2) is 12.9. The molecule has 3 aromatic rings. The summed E-state index contributed by atoms with van der Waals surface area (Å²) in [6.07, 6.45) is 9.44. The van der Waals surface area contributed by atoms with Gasteiger partial charge < -0.3 is 10.2 Å². The molecule has 1 unspecified atom stereocenters. The fourth-order valence-corrected chi connectivity index (χ4v) is 3.52. The van der Waals surface area contributed by atoms with Crippen LogP contribution in [0.3, 0.4) is 0 Å². The first-order valence-electron chi connectivity index (χ1n) is 10.2. The standard InChI is InChI=1S/C11H15ClN2.C8H6ClN5O.C2H6/c1-9-4-3-7-14(8-9)11-10(12)5-2-6-13-11;9-7-3-6(11-5-15)4-10-8(7)14-12-1-2-13-14;1-2/h2,5-6,9H,3-4,7-8H2,1H3;1-5H,(H,11,15);1-2H3. The van der Waals surface area contributed by atoms with Crippen LogP contribution >= 0.6 is 23.2 Å². The van der Waals surface area contributed by atoms with Crippen LogP contribution in [0.1, 0.15) is 33.6 Å². The highest BCUT2D eigenvalue weighted by Gasteiger charge is 2.18. The van der Waals surface area contributed by atoms with E-state index in [0.717, 1.165) is 29.8 Å². The van der Waals surface area contributed by atoms with Crippen LogP contribution in [0, 0.1) is 5.92 Å². The van der Waals surface area contributed by atoms with Crippen LogP contribution in [0.5, 0.6) is 0 Å². The van der Waals surface area contributed by atoms with Crippen molar-refractivity contribution in [3.63, 3.8) is 0 Å². The van der Waals surface area contributed by atoms with Gasteiger partial charge in [-0.15, -0.1) is 4.80 Å². The molecular formula is C21H27Cl2N7O. The second-order valence-electron chi connectivity index (χ2n) is 6.61. The lowest BCUT2D eigenvalue weighted by Gasteiger charge is -2.32. The molecule has 4 rings (SSSR count). The summed E-state index contributed by atoms with van der Waals surface area (Å²) in [5.41, 5.74) is 0.519. The van der Waals surface area contributed by atoms with Gasteiger partial charge in [0.25, 0.3) is 0 Å². The zero-order valence-electron chi connectivity index (χ0n) is 17.9. The SMILES string of the molecule is CC.CC1CCCN(c2ncccc2Cl)C1.O=CNc1cnc(-n2nccn2)c(Cl)c1. The largest absolute Gasteiger partial charge is 0.355 e. The Morgan fingerprint density at radius 2 is 1.84 bits per heavy atom. The van der Waals surface area contributed by atoms with Gasteiger partial charge in [-0.1, -0.05) is 44.0 Å².